The zero-order chi connectivity index (χ0) is 29.2. The first-order valence-electron chi connectivity index (χ1n) is 13.4. The van der Waals surface area contributed by atoms with Gasteiger partial charge >= 0.3 is 17.9 Å². The van der Waals surface area contributed by atoms with Crippen LogP contribution in [0.5, 0.6) is 17.2 Å². The van der Waals surface area contributed by atoms with E-state index in [-0.39, 0.29) is 13.2 Å². The number of ether oxygens (including phenoxy) is 6. The molecule has 1 aromatic carbocycles. The van der Waals surface area contributed by atoms with E-state index in [2.05, 4.69) is 6.92 Å². The minimum atomic E-state index is -2.15. The molecule has 0 amide bonds. The van der Waals surface area contributed by atoms with Gasteiger partial charge in [0.2, 0.25) is 12.5 Å². The molecule has 1 aliphatic rings. The molecule has 4 atom stereocenters. The van der Waals surface area contributed by atoms with Gasteiger partial charge in [-0.3, -0.25) is 4.79 Å². The molecular weight excluding hydrogens is 508 g/mol. The Morgan fingerprint density at radius 2 is 1.77 bits per heavy atom. The maximum atomic E-state index is 13.1. The Morgan fingerprint density at radius 3 is 2.41 bits per heavy atom. The van der Waals surface area contributed by atoms with Crippen molar-refractivity contribution in [2.75, 3.05) is 13.9 Å². The number of benzene rings is 1. The van der Waals surface area contributed by atoms with Crippen LogP contribution in [0.2, 0.25) is 0 Å². The van der Waals surface area contributed by atoms with Gasteiger partial charge in [-0.05, 0) is 53.2 Å². The topological polar surface area (TPSA) is 127 Å². The van der Waals surface area contributed by atoms with E-state index in [1.54, 1.807) is 32.1 Å². The molecule has 0 spiro atoms. The lowest BCUT2D eigenvalue weighted by Gasteiger charge is -2.31. The van der Waals surface area contributed by atoms with E-state index in [1.165, 1.54) is 27.9 Å². The van der Waals surface area contributed by atoms with Crippen molar-refractivity contribution in [2.24, 2.45) is 0 Å². The van der Waals surface area contributed by atoms with Gasteiger partial charge in [0.05, 0.1) is 7.11 Å². The largest absolute Gasteiger partial charge is 0.493 e. The van der Waals surface area contributed by atoms with Gasteiger partial charge in [0.25, 0.3) is 0 Å². The van der Waals surface area contributed by atoms with Crippen molar-refractivity contribution < 1.29 is 47.9 Å². The van der Waals surface area contributed by atoms with Gasteiger partial charge in [0.1, 0.15) is 12.2 Å². The van der Waals surface area contributed by atoms with Gasteiger partial charge in [-0.2, -0.15) is 0 Å². The summed E-state index contributed by atoms with van der Waals surface area (Å²) in [6, 6.07) is 3.21. The number of hydrogen-bond donors (Lipinski definition) is 1. The van der Waals surface area contributed by atoms with E-state index < -0.39 is 41.8 Å². The van der Waals surface area contributed by atoms with Gasteiger partial charge in [-0.25, -0.2) is 9.59 Å². The van der Waals surface area contributed by atoms with Crippen molar-refractivity contribution in [3.05, 3.63) is 29.3 Å². The number of carbonyl (C=O) groups is 3. The number of aliphatic hydroxyl groups is 1. The Hall–Kier alpha value is -3.27. The van der Waals surface area contributed by atoms with Crippen LogP contribution in [-0.2, 0) is 28.6 Å². The zero-order valence-electron chi connectivity index (χ0n) is 24.0. The summed E-state index contributed by atoms with van der Waals surface area (Å²) in [5.74, 6) is -1.01. The van der Waals surface area contributed by atoms with E-state index in [1.807, 2.05) is 0 Å². The number of methoxy groups -OCH3 is 1. The molecule has 39 heavy (non-hydrogen) atoms. The van der Waals surface area contributed by atoms with Crippen LogP contribution in [-0.4, -0.2) is 54.7 Å². The number of rotatable bonds is 15. The fraction of sp³-hybridized carbons (Fsp3) is 0.621. The lowest BCUT2D eigenvalue weighted by molar-refractivity contribution is -0.193. The molecule has 0 fully saturated rings. The van der Waals surface area contributed by atoms with Crippen LogP contribution in [0.4, 0.5) is 0 Å². The monoisotopic (exact) mass is 550 g/mol. The molecule has 1 heterocycles. The molecule has 0 radical (unpaired) electrons. The van der Waals surface area contributed by atoms with E-state index >= 15 is 0 Å². The molecule has 218 valence electrons. The Labute approximate surface area is 230 Å². The molecule has 1 N–H and O–H groups in total. The van der Waals surface area contributed by atoms with Crippen molar-refractivity contribution in [2.45, 2.75) is 104 Å². The molecule has 0 aliphatic carbocycles. The molecule has 10 heteroatoms. The molecule has 2 rings (SSSR count). The van der Waals surface area contributed by atoms with Crippen LogP contribution in [0, 0.1) is 0 Å². The first-order valence-corrected chi connectivity index (χ1v) is 13.4. The second-order valence-electron chi connectivity index (χ2n) is 9.81. The smallest absolute Gasteiger partial charge is 0.342 e. The SMILES string of the molecule is CC=C(C)C(=O)O[C@H](c1cc(OC)c2c(c1)OCO2)[C@H](C)OC(=O)[C@](C)(O)[C@H](C)OC(=O)CCCCCCC. The maximum absolute atomic E-state index is 13.1. The van der Waals surface area contributed by atoms with Crippen molar-refractivity contribution in [3.63, 3.8) is 0 Å². The highest BCUT2D eigenvalue weighted by Gasteiger charge is 2.43. The molecule has 0 aromatic heterocycles. The number of esters is 3. The number of fused-ring (bicyclic) bond motifs is 1. The van der Waals surface area contributed by atoms with Crippen LogP contribution in [0.15, 0.2) is 23.8 Å². The number of allylic oxidation sites excluding steroid dienone is 1. The molecule has 1 aliphatic heterocycles. The fourth-order valence-corrected chi connectivity index (χ4v) is 3.83. The predicted octanol–water partition coefficient (Wildman–Crippen LogP) is 4.95. The minimum Gasteiger partial charge on any atom is -0.493 e. The number of hydrogen-bond acceptors (Lipinski definition) is 10. The summed E-state index contributed by atoms with van der Waals surface area (Å²) in [6.45, 7) is 9.58. The van der Waals surface area contributed by atoms with E-state index in [0.717, 1.165) is 25.7 Å². The third-order valence-electron chi connectivity index (χ3n) is 6.72. The molecule has 1 aromatic rings. The van der Waals surface area contributed by atoms with Gasteiger partial charge in [-0.1, -0.05) is 38.7 Å². The second-order valence-corrected chi connectivity index (χ2v) is 9.81. The maximum Gasteiger partial charge on any atom is 0.342 e. The summed E-state index contributed by atoms with van der Waals surface area (Å²) in [4.78, 5) is 38.0. The third-order valence-corrected chi connectivity index (χ3v) is 6.72. The van der Waals surface area contributed by atoms with Gasteiger partial charge in [0, 0.05) is 17.6 Å². The van der Waals surface area contributed by atoms with E-state index in [0.29, 0.717) is 34.8 Å². The Bertz CT molecular complexity index is 1030. The third kappa shape index (κ3) is 8.61. The van der Waals surface area contributed by atoms with Gasteiger partial charge < -0.3 is 33.5 Å². The van der Waals surface area contributed by atoms with Crippen LogP contribution < -0.4 is 14.2 Å². The highest BCUT2D eigenvalue weighted by Crippen LogP contribution is 2.44. The van der Waals surface area contributed by atoms with E-state index in [9.17, 15) is 19.5 Å². The highest BCUT2D eigenvalue weighted by molar-refractivity contribution is 5.88. The van der Waals surface area contributed by atoms with Crippen LogP contribution >= 0.6 is 0 Å². The predicted molar refractivity (Wildman–Crippen MR) is 142 cm³/mol. The minimum absolute atomic E-state index is 0.0000366. The zero-order valence-corrected chi connectivity index (χ0v) is 24.0. The first kappa shape index (κ1) is 31.9. The van der Waals surface area contributed by atoms with Crippen molar-refractivity contribution >= 4 is 17.9 Å². The van der Waals surface area contributed by atoms with Crippen LogP contribution in [0.1, 0.15) is 91.7 Å². The molecule has 0 saturated heterocycles. The average Bonchev–Trinajstić information content (AvgIpc) is 3.39. The second kappa shape index (κ2) is 14.8. The molecule has 0 bridgehead atoms. The standard InChI is InChI=1S/C29H42O10/c1-8-10-11-12-13-14-24(30)38-20(5)29(6,33)28(32)37-19(4)25(39-27(31)18(3)9-2)21-15-22(34-7)26-23(16-21)35-17-36-26/h9,15-16,19-20,25,33H,8,10-14,17H2,1-7H3/t19-,20-,25-,29+/m0/s1. The summed E-state index contributed by atoms with van der Waals surface area (Å²) in [5.41, 5.74) is -1.36. The summed E-state index contributed by atoms with van der Waals surface area (Å²) in [6.07, 6.45) is 3.31. The molecule has 0 saturated carbocycles. The lowest BCUT2D eigenvalue weighted by Crippen LogP contribution is -2.49. The molecule has 10 nitrogen and oxygen atoms in total. The lowest BCUT2D eigenvalue weighted by atomic mass is 9.99. The van der Waals surface area contributed by atoms with Crippen LogP contribution in [0.3, 0.4) is 0 Å². The van der Waals surface area contributed by atoms with Gasteiger partial charge in [-0.15, -0.1) is 0 Å². The summed E-state index contributed by atoms with van der Waals surface area (Å²) < 4.78 is 32.9. The van der Waals surface area contributed by atoms with Crippen molar-refractivity contribution in [1.29, 1.82) is 0 Å². The number of unbranched alkanes of at least 4 members (excludes halogenated alkanes) is 4. The summed E-state index contributed by atoms with van der Waals surface area (Å²) >= 11 is 0. The van der Waals surface area contributed by atoms with Gasteiger partial charge in [0.15, 0.2) is 23.2 Å². The average molecular weight is 551 g/mol. The highest BCUT2D eigenvalue weighted by atomic mass is 16.7. The summed E-state index contributed by atoms with van der Waals surface area (Å²) in [7, 11) is 1.46. The fourth-order valence-electron chi connectivity index (χ4n) is 3.83. The number of carbonyl (C=O) groups excluding carboxylic acids is 3. The Balaban J connectivity index is 2.17. The first-order chi connectivity index (χ1) is 18.5. The van der Waals surface area contributed by atoms with Crippen LogP contribution in [0.25, 0.3) is 0 Å². The van der Waals surface area contributed by atoms with Crippen molar-refractivity contribution in [3.8, 4) is 17.2 Å². The van der Waals surface area contributed by atoms with E-state index in [4.69, 9.17) is 28.4 Å². The van der Waals surface area contributed by atoms with Crippen molar-refractivity contribution in [1.82, 2.24) is 0 Å². The quantitative estimate of drug-likeness (QED) is 0.139. The summed E-state index contributed by atoms with van der Waals surface area (Å²) in [5, 5.41) is 10.9. The molecular formula is C29H42O10. The molecule has 0 unspecified atom stereocenters. The normalized spacial score (nSPS) is 16.5. The Kier molecular flexibility index (Phi) is 12.1. The Morgan fingerprint density at radius 1 is 1.08 bits per heavy atom.